The van der Waals surface area contributed by atoms with E-state index in [1.807, 2.05) is 11.9 Å². The second-order valence-corrected chi connectivity index (χ2v) is 6.16. The van der Waals surface area contributed by atoms with Gasteiger partial charge in [-0.15, -0.1) is 24.8 Å². The molecule has 0 aromatic heterocycles. The minimum Gasteiger partial charge on any atom is -0.378 e. The fourth-order valence-electron chi connectivity index (χ4n) is 3.09. The smallest absolute Gasteiger partial charge is 0.223 e. The molecule has 2 unspecified atom stereocenters. The Morgan fingerprint density at radius 2 is 2.14 bits per heavy atom. The number of ether oxygens (including phenoxy) is 1. The lowest BCUT2D eigenvalue weighted by molar-refractivity contribution is -0.131. The summed E-state index contributed by atoms with van der Waals surface area (Å²) in [6.45, 7) is 4.33. The molecule has 2 saturated heterocycles. The lowest BCUT2D eigenvalue weighted by Crippen LogP contribution is -2.45. The standard InChI is InChI=1S/C15H29N3O2.2ClH/c1-17-8-4-3-5-14(17)6-9-18(2)15(19)11-13-12-20-10-7-16-13;;/h13-14,16H,3-12H2,1-2H3;2*1H. The van der Waals surface area contributed by atoms with Gasteiger partial charge in [-0.2, -0.15) is 0 Å². The Kier molecular flexibility index (Phi) is 11.4. The fourth-order valence-corrected chi connectivity index (χ4v) is 3.09. The first kappa shape index (κ1) is 21.9. The predicted octanol–water partition coefficient (Wildman–Crippen LogP) is 1.54. The molecule has 1 N–H and O–H groups in total. The largest absolute Gasteiger partial charge is 0.378 e. The molecule has 2 rings (SSSR count). The Labute approximate surface area is 146 Å². The van der Waals surface area contributed by atoms with Crippen LogP contribution in [0.15, 0.2) is 0 Å². The Balaban J connectivity index is 0.00000220. The van der Waals surface area contributed by atoms with Gasteiger partial charge in [-0.3, -0.25) is 4.79 Å². The molecule has 0 bridgehead atoms. The van der Waals surface area contributed by atoms with E-state index in [-0.39, 0.29) is 36.8 Å². The zero-order valence-electron chi connectivity index (χ0n) is 13.8. The molecule has 2 fully saturated rings. The van der Waals surface area contributed by atoms with E-state index in [9.17, 15) is 4.79 Å². The number of amides is 1. The zero-order chi connectivity index (χ0) is 14.4. The van der Waals surface area contributed by atoms with Crippen molar-refractivity contribution in [3.05, 3.63) is 0 Å². The van der Waals surface area contributed by atoms with Crippen molar-refractivity contribution in [2.45, 2.75) is 44.2 Å². The summed E-state index contributed by atoms with van der Waals surface area (Å²) in [6, 6.07) is 0.839. The average molecular weight is 356 g/mol. The minimum atomic E-state index is 0. The van der Waals surface area contributed by atoms with Gasteiger partial charge in [-0.05, 0) is 32.9 Å². The molecule has 2 aliphatic rings. The molecule has 0 aromatic rings. The number of nitrogens with zero attached hydrogens (tertiary/aromatic N) is 2. The summed E-state index contributed by atoms with van der Waals surface area (Å²) >= 11 is 0. The zero-order valence-corrected chi connectivity index (χ0v) is 15.4. The van der Waals surface area contributed by atoms with E-state index >= 15 is 0 Å². The Morgan fingerprint density at radius 1 is 1.36 bits per heavy atom. The molecule has 2 aliphatic heterocycles. The monoisotopic (exact) mass is 355 g/mol. The second-order valence-electron chi connectivity index (χ2n) is 6.16. The Hall–Kier alpha value is -0.0700. The molecule has 0 spiro atoms. The van der Waals surface area contributed by atoms with E-state index in [2.05, 4.69) is 17.3 Å². The first-order chi connectivity index (χ1) is 9.66. The summed E-state index contributed by atoms with van der Waals surface area (Å²) in [5.41, 5.74) is 0. The molecule has 1 amide bonds. The van der Waals surface area contributed by atoms with Crippen molar-refractivity contribution in [3.63, 3.8) is 0 Å². The molecule has 132 valence electrons. The summed E-state index contributed by atoms with van der Waals surface area (Å²) in [6.07, 6.45) is 5.56. The molecule has 0 radical (unpaired) electrons. The molecule has 0 aromatic carbocycles. The summed E-state index contributed by atoms with van der Waals surface area (Å²) in [4.78, 5) is 16.5. The van der Waals surface area contributed by atoms with Crippen LogP contribution >= 0.6 is 24.8 Å². The number of hydrogen-bond acceptors (Lipinski definition) is 4. The minimum absolute atomic E-state index is 0. The molecule has 7 heteroatoms. The number of rotatable bonds is 5. The highest BCUT2D eigenvalue weighted by atomic mass is 35.5. The van der Waals surface area contributed by atoms with E-state index < -0.39 is 0 Å². The number of likely N-dealkylation sites (tertiary alicyclic amines) is 1. The van der Waals surface area contributed by atoms with Crippen LogP contribution in [-0.2, 0) is 9.53 Å². The van der Waals surface area contributed by atoms with Crippen LogP contribution in [0.2, 0.25) is 0 Å². The van der Waals surface area contributed by atoms with Crippen LogP contribution in [0.5, 0.6) is 0 Å². The van der Waals surface area contributed by atoms with Gasteiger partial charge < -0.3 is 19.9 Å². The third kappa shape index (κ3) is 7.01. The normalized spacial score (nSPS) is 25.7. The highest BCUT2D eigenvalue weighted by Gasteiger charge is 2.22. The number of carbonyl (C=O) groups is 1. The van der Waals surface area contributed by atoms with Gasteiger partial charge in [0.2, 0.25) is 5.91 Å². The van der Waals surface area contributed by atoms with Crippen molar-refractivity contribution < 1.29 is 9.53 Å². The van der Waals surface area contributed by atoms with Gasteiger partial charge in [-0.25, -0.2) is 0 Å². The summed E-state index contributed by atoms with van der Waals surface area (Å²) in [5, 5.41) is 3.34. The molecule has 5 nitrogen and oxygen atoms in total. The van der Waals surface area contributed by atoms with Crippen LogP contribution < -0.4 is 5.32 Å². The Morgan fingerprint density at radius 3 is 2.77 bits per heavy atom. The van der Waals surface area contributed by atoms with Crippen LogP contribution in [0.1, 0.15) is 32.1 Å². The SMILES string of the molecule is CN(CCC1CCCCN1C)C(=O)CC1COCCN1.Cl.Cl. The van der Waals surface area contributed by atoms with Crippen molar-refractivity contribution >= 4 is 30.7 Å². The second kappa shape index (κ2) is 11.5. The summed E-state index contributed by atoms with van der Waals surface area (Å²) in [7, 11) is 4.13. The lowest BCUT2D eigenvalue weighted by atomic mass is 10.00. The number of hydrogen-bond donors (Lipinski definition) is 1. The van der Waals surface area contributed by atoms with E-state index in [1.54, 1.807) is 0 Å². The molecule has 2 heterocycles. The first-order valence-electron chi connectivity index (χ1n) is 7.92. The Bertz CT molecular complexity index is 315. The van der Waals surface area contributed by atoms with E-state index in [0.29, 0.717) is 19.1 Å². The maximum atomic E-state index is 12.2. The maximum absolute atomic E-state index is 12.2. The molecule has 22 heavy (non-hydrogen) atoms. The number of morpholine rings is 1. The first-order valence-corrected chi connectivity index (χ1v) is 7.92. The van der Waals surface area contributed by atoms with Gasteiger partial charge >= 0.3 is 0 Å². The van der Waals surface area contributed by atoms with Gasteiger partial charge in [0, 0.05) is 38.6 Å². The number of nitrogens with one attached hydrogen (secondary N) is 1. The maximum Gasteiger partial charge on any atom is 0.223 e. The predicted molar refractivity (Wildman–Crippen MR) is 94.2 cm³/mol. The van der Waals surface area contributed by atoms with Crippen LogP contribution in [0.4, 0.5) is 0 Å². The van der Waals surface area contributed by atoms with Crippen LogP contribution in [0.25, 0.3) is 0 Å². The fraction of sp³-hybridized carbons (Fsp3) is 0.933. The molecular weight excluding hydrogens is 325 g/mol. The van der Waals surface area contributed by atoms with Crippen molar-refractivity contribution in [1.29, 1.82) is 0 Å². The van der Waals surface area contributed by atoms with Crippen molar-refractivity contribution in [2.75, 3.05) is 46.9 Å². The van der Waals surface area contributed by atoms with Gasteiger partial charge in [-0.1, -0.05) is 6.42 Å². The van der Waals surface area contributed by atoms with Gasteiger partial charge in [0.25, 0.3) is 0 Å². The third-order valence-corrected chi connectivity index (χ3v) is 4.56. The van der Waals surface area contributed by atoms with Crippen molar-refractivity contribution in [2.24, 2.45) is 0 Å². The van der Waals surface area contributed by atoms with Crippen LogP contribution in [-0.4, -0.2) is 74.7 Å². The van der Waals surface area contributed by atoms with Crippen LogP contribution in [0, 0.1) is 0 Å². The van der Waals surface area contributed by atoms with E-state index in [0.717, 1.165) is 26.1 Å². The summed E-state index contributed by atoms with van der Waals surface area (Å²) in [5.74, 6) is 0.228. The average Bonchev–Trinajstić information content (AvgIpc) is 2.47. The lowest BCUT2D eigenvalue weighted by Gasteiger charge is -2.33. The highest BCUT2D eigenvalue weighted by Crippen LogP contribution is 2.18. The molecular formula is C15H31Cl2N3O2. The van der Waals surface area contributed by atoms with Crippen molar-refractivity contribution in [3.8, 4) is 0 Å². The van der Waals surface area contributed by atoms with Crippen LogP contribution in [0.3, 0.4) is 0 Å². The van der Waals surface area contributed by atoms with Crippen molar-refractivity contribution in [1.82, 2.24) is 15.1 Å². The highest BCUT2D eigenvalue weighted by molar-refractivity contribution is 5.85. The number of halogens is 2. The molecule has 0 saturated carbocycles. The number of piperidine rings is 1. The summed E-state index contributed by atoms with van der Waals surface area (Å²) < 4.78 is 5.39. The van der Waals surface area contributed by atoms with Gasteiger partial charge in [0.05, 0.1) is 13.2 Å². The quantitative estimate of drug-likeness (QED) is 0.812. The third-order valence-electron chi connectivity index (χ3n) is 4.56. The van der Waals surface area contributed by atoms with Gasteiger partial charge in [0.1, 0.15) is 0 Å². The topological polar surface area (TPSA) is 44.8 Å². The number of carbonyl (C=O) groups excluding carboxylic acids is 1. The molecule has 0 aliphatic carbocycles. The molecule has 2 atom stereocenters. The van der Waals surface area contributed by atoms with E-state index in [1.165, 1.54) is 25.8 Å². The van der Waals surface area contributed by atoms with Gasteiger partial charge in [0.15, 0.2) is 0 Å². The van der Waals surface area contributed by atoms with E-state index in [4.69, 9.17) is 4.74 Å².